The van der Waals surface area contributed by atoms with Crippen molar-refractivity contribution < 1.29 is 48.6 Å². The minimum absolute atomic E-state index is 0.0137. The van der Waals surface area contributed by atoms with Crippen molar-refractivity contribution in [2.24, 2.45) is 16.7 Å². The first-order chi connectivity index (χ1) is 19.7. The fraction of sp³-hybridized carbons (Fsp3) is 0.625. The van der Waals surface area contributed by atoms with Gasteiger partial charge in [0.2, 0.25) is 0 Å². The Hall–Kier alpha value is -2.60. The van der Waals surface area contributed by atoms with Crippen molar-refractivity contribution in [2.75, 3.05) is 6.61 Å². The van der Waals surface area contributed by atoms with E-state index in [-0.39, 0.29) is 18.6 Å². The molecule has 0 aromatic heterocycles. The molecule has 2 saturated carbocycles. The van der Waals surface area contributed by atoms with Crippen LogP contribution in [0.15, 0.2) is 54.1 Å². The summed E-state index contributed by atoms with van der Waals surface area (Å²) in [7, 11) is 0. The van der Waals surface area contributed by atoms with Gasteiger partial charge in [-0.15, -0.1) is 0 Å². The summed E-state index contributed by atoms with van der Waals surface area (Å²) in [6, 6.07) is 8.48. The van der Waals surface area contributed by atoms with E-state index >= 15 is 0 Å². The van der Waals surface area contributed by atoms with Gasteiger partial charge in [0, 0.05) is 18.8 Å². The highest BCUT2D eigenvalue weighted by Crippen LogP contribution is 2.69. The molecule has 2 saturated heterocycles. The van der Waals surface area contributed by atoms with Crippen molar-refractivity contribution in [1.82, 2.24) is 0 Å². The van der Waals surface area contributed by atoms with Crippen molar-refractivity contribution in [3.05, 3.63) is 59.7 Å². The highest BCUT2D eigenvalue weighted by molar-refractivity contribution is 5.89. The van der Waals surface area contributed by atoms with Crippen molar-refractivity contribution >= 4 is 11.9 Å². The highest BCUT2D eigenvalue weighted by atomic mass is 16.7. The van der Waals surface area contributed by atoms with E-state index in [1.807, 2.05) is 6.92 Å². The molecule has 6 rings (SSSR count). The number of carbonyl (C=O) groups excluding carboxylic acids is 2. The molecule has 3 N–H and O–H groups in total. The van der Waals surface area contributed by atoms with Gasteiger partial charge in [-0.05, 0) is 56.5 Å². The van der Waals surface area contributed by atoms with Crippen LogP contribution in [0, 0.1) is 16.7 Å². The lowest BCUT2D eigenvalue weighted by Crippen LogP contribution is -2.80. The Morgan fingerprint density at radius 2 is 1.83 bits per heavy atom. The molecule has 5 aliphatic rings. The molecule has 1 aromatic rings. The van der Waals surface area contributed by atoms with Crippen LogP contribution in [-0.4, -0.2) is 88.0 Å². The van der Waals surface area contributed by atoms with Gasteiger partial charge < -0.3 is 39.0 Å². The highest BCUT2D eigenvalue weighted by Gasteiger charge is 2.80. The lowest BCUT2D eigenvalue weighted by Gasteiger charge is -2.67. The number of fused-ring (bicyclic) bond motifs is 3. The molecule has 11 atom stereocenters. The van der Waals surface area contributed by atoms with E-state index in [9.17, 15) is 24.9 Å². The number of hydrogen-bond donors (Lipinski definition) is 3. The summed E-state index contributed by atoms with van der Waals surface area (Å²) in [6.45, 7) is 11.9. The Bertz CT molecular complexity index is 1320. The Morgan fingerprint density at radius 3 is 2.40 bits per heavy atom. The van der Waals surface area contributed by atoms with Gasteiger partial charge in [0.15, 0.2) is 11.9 Å². The first kappa shape index (κ1) is 29.5. The Kier molecular flexibility index (Phi) is 6.81. The van der Waals surface area contributed by atoms with Gasteiger partial charge in [-0.2, -0.15) is 0 Å². The second kappa shape index (κ2) is 9.70. The maximum Gasteiger partial charge on any atom is 0.338 e. The van der Waals surface area contributed by atoms with Crippen LogP contribution in [0.2, 0.25) is 0 Å². The molecular formula is C32H40O10. The zero-order chi connectivity index (χ0) is 30.4. The third-order valence-corrected chi connectivity index (χ3v) is 10.7. The molecule has 228 valence electrons. The third-order valence-electron chi connectivity index (χ3n) is 10.7. The van der Waals surface area contributed by atoms with E-state index in [0.717, 1.165) is 0 Å². The van der Waals surface area contributed by atoms with Gasteiger partial charge in [0.1, 0.15) is 18.3 Å². The minimum atomic E-state index is -1.64. The summed E-state index contributed by atoms with van der Waals surface area (Å²) in [5.74, 6) is -2.08. The van der Waals surface area contributed by atoms with Crippen LogP contribution in [0.5, 0.6) is 0 Å². The summed E-state index contributed by atoms with van der Waals surface area (Å²) in [4.78, 5) is 26.6. The Labute approximate surface area is 245 Å². The molecular weight excluding hydrogens is 544 g/mol. The summed E-state index contributed by atoms with van der Waals surface area (Å²) in [5.41, 5.74) is -4.44. The molecule has 0 unspecified atom stereocenters. The third kappa shape index (κ3) is 3.79. The zero-order valence-electron chi connectivity index (χ0n) is 24.6. The summed E-state index contributed by atoms with van der Waals surface area (Å²) in [5, 5.41) is 35.8. The van der Waals surface area contributed by atoms with Gasteiger partial charge in [-0.1, -0.05) is 31.7 Å². The summed E-state index contributed by atoms with van der Waals surface area (Å²) >= 11 is 0. The zero-order valence-corrected chi connectivity index (χ0v) is 24.6. The second-order valence-corrected chi connectivity index (χ2v) is 13.2. The number of esters is 2. The molecule has 42 heavy (non-hydrogen) atoms. The van der Waals surface area contributed by atoms with E-state index in [4.69, 9.17) is 23.7 Å². The van der Waals surface area contributed by atoms with E-state index < -0.39 is 82.8 Å². The molecule has 0 radical (unpaired) electrons. The van der Waals surface area contributed by atoms with Gasteiger partial charge >= 0.3 is 11.9 Å². The van der Waals surface area contributed by atoms with Gasteiger partial charge in [-0.25, -0.2) is 4.79 Å². The molecule has 10 nitrogen and oxygen atoms in total. The maximum absolute atomic E-state index is 13.9. The first-order valence-electron chi connectivity index (χ1n) is 14.5. The average molecular weight is 585 g/mol. The van der Waals surface area contributed by atoms with Crippen LogP contribution in [0.25, 0.3) is 0 Å². The molecule has 10 heteroatoms. The van der Waals surface area contributed by atoms with Crippen LogP contribution in [0.3, 0.4) is 0 Å². The van der Waals surface area contributed by atoms with Crippen molar-refractivity contribution in [1.29, 1.82) is 0 Å². The standard InChI is InChI=1S/C32H40O10/c1-7-22-39-20-13-21-32(15-38-21,42-17(3)33)25-27(41-28(36)18-11-9-8-10-12-18)31(29(4,5)37)14-19(34)16(2)23(31)24(35)26(40-22)30(20,25)6/h7-12,19-22,24-27,34-35,37H,1,13-15H2,2-6H3/t19-,20-,21+,22+,24-,25-,26-,27-,30+,31-,32-/m0/s1. The van der Waals surface area contributed by atoms with Crippen molar-refractivity contribution in [2.45, 2.75) is 102 Å². The Balaban J connectivity index is 1.67. The van der Waals surface area contributed by atoms with Gasteiger partial charge in [0.25, 0.3) is 0 Å². The minimum Gasteiger partial charge on any atom is -0.457 e. The van der Waals surface area contributed by atoms with E-state index in [2.05, 4.69) is 6.58 Å². The van der Waals surface area contributed by atoms with Crippen LogP contribution in [0.4, 0.5) is 0 Å². The monoisotopic (exact) mass is 584 g/mol. The smallest absolute Gasteiger partial charge is 0.338 e. The molecule has 2 aliphatic heterocycles. The van der Waals surface area contributed by atoms with Crippen LogP contribution < -0.4 is 0 Å². The topological polar surface area (TPSA) is 141 Å². The van der Waals surface area contributed by atoms with E-state index in [1.54, 1.807) is 51.1 Å². The number of ether oxygens (including phenoxy) is 5. The summed E-state index contributed by atoms with van der Waals surface area (Å²) < 4.78 is 31.5. The number of rotatable bonds is 5. The average Bonchev–Trinajstić information content (AvgIpc) is 3.17. The van der Waals surface area contributed by atoms with Crippen LogP contribution in [0.1, 0.15) is 57.8 Å². The molecule has 0 amide bonds. The molecule has 0 bridgehead atoms. The number of hydrogen-bond acceptors (Lipinski definition) is 10. The Morgan fingerprint density at radius 1 is 1.14 bits per heavy atom. The summed E-state index contributed by atoms with van der Waals surface area (Å²) in [6.07, 6.45) is -4.83. The quantitative estimate of drug-likeness (QED) is 0.349. The maximum atomic E-state index is 13.9. The lowest BCUT2D eigenvalue weighted by atomic mass is 9.49. The molecule has 1 aromatic carbocycles. The lowest BCUT2D eigenvalue weighted by molar-refractivity contribution is -0.392. The predicted molar refractivity (Wildman–Crippen MR) is 148 cm³/mol. The van der Waals surface area contributed by atoms with Gasteiger partial charge in [-0.3, -0.25) is 4.79 Å². The van der Waals surface area contributed by atoms with Crippen molar-refractivity contribution in [3.8, 4) is 0 Å². The first-order valence-corrected chi connectivity index (χ1v) is 14.5. The fourth-order valence-corrected chi connectivity index (χ4v) is 8.84. The number of aliphatic hydroxyl groups excluding tert-OH is 2. The predicted octanol–water partition coefficient (Wildman–Crippen LogP) is 2.45. The normalized spacial score (nSPS) is 44.1. The molecule has 2 heterocycles. The number of carbonyl (C=O) groups is 2. The van der Waals surface area contributed by atoms with E-state index in [0.29, 0.717) is 17.6 Å². The van der Waals surface area contributed by atoms with Crippen LogP contribution in [-0.2, 0) is 28.5 Å². The van der Waals surface area contributed by atoms with Crippen LogP contribution >= 0.6 is 0 Å². The molecule has 4 fully saturated rings. The molecule has 0 spiro atoms. The number of aliphatic hydroxyl groups is 3. The SMILES string of the molecule is C=C[C@@H]1O[C@H]2C[C@H]3OC[C@@]3(OC(C)=O)[C@H]3[C@H](OC(=O)c4ccccc4)[C@]4(C(C)(C)O)C[C@H](O)C(C)=C4[C@H](O)[C@H](O1)[C@]23C. The largest absolute Gasteiger partial charge is 0.457 e. The fourth-order valence-electron chi connectivity index (χ4n) is 8.84. The second-order valence-electron chi connectivity index (χ2n) is 13.2. The number of benzene rings is 1. The molecule has 3 aliphatic carbocycles. The van der Waals surface area contributed by atoms with Gasteiger partial charge in [0.05, 0.1) is 47.4 Å². The van der Waals surface area contributed by atoms with E-state index in [1.165, 1.54) is 13.0 Å². The van der Waals surface area contributed by atoms with Crippen molar-refractivity contribution in [3.63, 3.8) is 0 Å².